The lowest BCUT2D eigenvalue weighted by Gasteiger charge is -2.36. The second-order valence-electron chi connectivity index (χ2n) is 8.98. The second kappa shape index (κ2) is 7.70. The van der Waals surface area contributed by atoms with E-state index in [0.29, 0.717) is 12.2 Å². The zero-order valence-corrected chi connectivity index (χ0v) is 18.1. The van der Waals surface area contributed by atoms with E-state index in [1.807, 2.05) is 11.7 Å². The molecule has 1 fully saturated rings. The normalized spacial score (nSPS) is 25.1. The number of benzene rings is 1. The molecular weight excluding hydrogens is 402 g/mol. The maximum Gasteiger partial charge on any atom is 0.179 e. The first-order valence-corrected chi connectivity index (χ1v) is 11.2. The van der Waals surface area contributed by atoms with Crippen LogP contribution in [0, 0.1) is 0 Å². The summed E-state index contributed by atoms with van der Waals surface area (Å²) >= 11 is 0. The van der Waals surface area contributed by atoms with Crippen LogP contribution in [0.15, 0.2) is 68.7 Å². The summed E-state index contributed by atoms with van der Waals surface area (Å²) in [6.45, 7) is 4.07. The van der Waals surface area contributed by atoms with Gasteiger partial charge in [-0.25, -0.2) is 4.98 Å². The lowest BCUT2D eigenvalue weighted by Crippen LogP contribution is -2.36. The van der Waals surface area contributed by atoms with Crippen molar-refractivity contribution >= 4 is 11.5 Å². The molecule has 8 nitrogen and oxygen atoms in total. The molecule has 0 radical (unpaired) electrons. The van der Waals surface area contributed by atoms with E-state index in [9.17, 15) is 4.79 Å². The van der Waals surface area contributed by atoms with Crippen LogP contribution in [0.1, 0.15) is 41.6 Å². The summed E-state index contributed by atoms with van der Waals surface area (Å²) in [6, 6.07) is 8.99. The number of nitrogens with zero attached hydrogens (tertiary/aromatic N) is 7. The Balaban J connectivity index is 1.44. The summed E-state index contributed by atoms with van der Waals surface area (Å²) in [4.78, 5) is 24.2. The Bertz CT molecular complexity index is 1200. The lowest BCUT2D eigenvalue weighted by molar-refractivity contribution is -0.113. The molecule has 1 aliphatic carbocycles. The minimum atomic E-state index is -0.0925. The summed E-state index contributed by atoms with van der Waals surface area (Å²) in [5.41, 5.74) is 6.32. The van der Waals surface area contributed by atoms with Crippen molar-refractivity contribution in [2.45, 2.75) is 31.2 Å². The molecule has 0 N–H and O–H groups in total. The molecule has 3 aliphatic heterocycles. The second-order valence-corrected chi connectivity index (χ2v) is 8.98. The van der Waals surface area contributed by atoms with E-state index in [4.69, 9.17) is 4.99 Å². The molecule has 162 valence electrons. The van der Waals surface area contributed by atoms with Gasteiger partial charge in [0.1, 0.15) is 18.7 Å². The number of carbonyl (C=O) groups is 1. The van der Waals surface area contributed by atoms with Crippen LogP contribution in [0.4, 0.5) is 0 Å². The molecule has 4 aliphatic rings. The third kappa shape index (κ3) is 3.26. The molecule has 8 heteroatoms. The van der Waals surface area contributed by atoms with Crippen LogP contribution in [0.2, 0.25) is 0 Å². The van der Waals surface area contributed by atoms with Crippen molar-refractivity contribution in [1.82, 2.24) is 19.7 Å². The van der Waals surface area contributed by atoms with Gasteiger partial charge in [-0.1, -0.05) is 24.3 Å². The van der Waals surface area contributed by atoms with E-state index in [0.717, 1.165) is 30.1 Å². The number of aliphatic imine (C=N–C) groups is 1. The maximum absolute atomic E-state index is 12.3. The van der Waals surface area contributed by atoms with Crippen LogP contribution in [-0.2, 0) is 18.4 Å². The van der Waals surface area contributed by atoms with Crippen molar-refractivity contribution in [1.29, 1.82) is 0 Å². The first-order valence-electron chi connectivity index (χ1n) is 11.2. The van der Waals surface area contributed by atoms with Crippen LogP contribution in [-0.4, -0.2) is 57.3 Å². The van der Waals surface area contributed by atoms with Gasteiger partial charge in [-0.2, -0.15) is 15.3 Å². The minimum absolute atomic E-state index is 0.0433. The fourth-order valence-electron chi connectivity index (χ4n) is 5.22. The van der Waals surface area contributed by atoms with Crippen LogP contribution < -0.4 is 0 Å². The Labute approximate surface area is 186 Å². The van der Waals surface area contributed by atoms with Crippen LogP contribution in [0.3, 0.4) is 0 Å². The Morgan fingerprint density at radius 2 is 1.97 bits per heavy atom. The molecule has 0 spiro atoms. The maximum atomic E-state index is 12.3. The fourth-order valence-corrected chi connectivity index (χ4v) is 5.22. The molecule has 1 aromatic heterocycles. The number of azo groups is 1. The Kier molecular flexibility index (Phi) is 4.68. The van der Waals surface area contributed by atoms with Gasteiger partial charge in [0, 0.05) is 31.2 Å². The number of aryl methyl sites for hydroxylation is 1. The first kappa shape index (κ1) is 19.4. The molecule has 1 aromatic carbocycles. The van der Waals surface area contributed by atoms with Gasteiger partial charge in [-0.3, -0.25) is 19.4 Å². The third-order valence-electron chi connectivity index (χ3n) is 6.96. The van der Waals surface area contributed by atoms with Gasteiger partial charge in [0.15, 0.2) is 5.78 Å². The molecule has 0 saturated carbocycles. The van der Waals surface area contributed by atoms with Crippen molar-refractivity contribution in [2.24, 2.45) is 22.3 Å². The number of rotatable bonds is 4. The van der Waals surface area contributed by atoms with Crippen LogP contribution in [0.25, 0.3) is 0 Å². The SMILES string of the molecule is Cn1ncnc1C1C2=NCC(=O)C=C3N=NCC(=C32)CC1c1ccc(CN2CCC2)cc1. The average molecular weight is 428 g/mol. The first-order chi connectivity index (χ1) is 15.7. The number of hydrogen-bond donors (Lipinski definition) is 0. The van der Waals surface area contributed by atoms with E-state index in [1.54, 1.807) is 12.4 Å². The van der Waals surface area contributed by atoms with E-state index >= 15 is 0 Å². The monoisotopic (exact) mass is 427 g/mol. The summed E-state index contributed by atoms with van der Waals surface area (Å²) in [7, 11) is 1.92. The predicted octanol–water partition coefficient (Wildman–Crippen LogP) is 2.96. The summed E-state index contributed by atoms with van der Waals surface area (Å²) in [5.74, 6) is 0.876. The Hall–Kier alpha value is -3.26. The number of hydrogen-bond acceptors (Lipinski definition) is 7. The van der Waals surface area contributed by atoms with Crippen LogP contribution >= 0.6 is 0 Å². The molecule has 2 aromatic rings. The smallest absolute Gasteiger partial charge is 0.179 e. The quantitative estimate of drug-likeness (QED) is 0.750. The highest BCUT2D eigenvalue weighted by Gasteiger charge is 2.42. The predicted molar refractivity (Wildman–Crippen MR) is 120 cm³/mol. The van der Waals surface area contributed by atoms with Crippen molar-refractivity contribution in [3.63, 3.8) is 0 Å². The molecule has 32 heavy (non-hydrogen) atoms. The number of allylic oxidation sites excluding steroid dienone is 1. The van der Waals surface area contributed by atoms with Gasteiger partial charge in [0.05, 0.1) is 23.9 Å². The molecule has 0 bridgehead atoms. The number of aromatic nitrogens is 3. The topological polar surface area (TPSA) is 88.1 Å². The highest BCUT2D eigenvalue weighted by Crippen LogP contribution is 2.47. The van der Waals surface area contributed by atoms with Crippen molar-refractivity contribution in [3.05, 3.63) is 70.5 Å². The highest BCUT2D eigenvalue weighted by molar-refractivity contribution is 6.13. The fraction of sp³-hybridized carbons (Fsp3) is 0.417. The van der Waals surface area contributed by atoms with E-state index in [1.165, 1.54) is 36.2 Å². The summed E-state index contributed by atoms with van der Waals surface area (Å²) < 4.78 is 1.82. The average Bonchev–Trinajstić information content (AvgIpc) is 3.11. The lowest BCUT2D eigenvalue weighted by atomic mass is 9.70. The van der Waals surface area contributed by atoms with Crippen molar-refractivity contribution < 1.29 is 4.79 Å². The molecule has 1 saturated heterocycles. The summed E-state index contributed by atoms with van der Waals surface area (Å²) in [6.07, 6.45) is 5.32. The zero-order valence-electron chi connectivity index (χ0n) is 18.1. The van der Waals surface area contributed by atoms with Crippen molar-refractivity contribution in [2.75, 3.05) is 26.2 Å². The molecule has 2 atom stereocenters. The standard InChI is InChI=1S/C24H25N7O/c1-30-24(26-14-28-30)22-19(16-5-3-15(4-6-16)13-31-7-2-8-31)9-17-11-27-29-20-10-18(32)12-25-23(22)21(17)20/h3-6,10,14,19,22H,2,7-9,11-13H2,1H3. The van der Waals surface area contributed by atoms with Gasteiger partial charge < -0.3 is 0 Å². The minimum Gasteiger partial charge on any atom is -0.299 e. The van der Waals surface area contributed by atoms with Gasteiger partial charge >= 0.3 is 0 Å². The molecule has 0 amide bonds. The largest absolute Gasteiger partial charge is 0.299 e. The van der Waals surface area contributed by atoms with Crippen molar-refractivity contribution in [3.8, 4) is 0 Å². The number of carbonyl (C=O) groups excluding carboxylic acids is 1. The summed E-state index contributed by atoms with van der Waals surface area (Å²) in [5, 5.41) is 13.0. The van der Waals surface area contributed by atoms with Gasteiger partial charge in [-0.05, 0) is 42.6 Å². The number of ketones is 1. The van der Waals surface area contributed by atoms with E-state index in [-0.39, 0.29) is 24.2 Å². The van der Waals surface area contributed by atoms with Gasteiger partial charge in [-0.15, -0.1) is 0 Å². The molecule has 6 rings (SSSR count). The molecular formula is C24H25N7O. The zero-order chi connectivity index (χ0) is 21.7. The Morgan fingerprint density at radius 3 is 2.69 bits per heavy atom. The van der Waals surface area contributed by atoms with Gasteiger partial charge in [0.2, 0.25) is 0 Å². The third-order valence-corrected chi connectivity index (χ3v) is 6.96. The van der Waals surface area contributed by atoms with Gasteiger partial charge in [0.25, 0.3) is 0 Å². The van der Waals surface area contributed by atoms with E-state index in [2.05, 4.69) is 49.5 Å². The molecule has 2 unspecified atom stereocenters. The molecule has 4 heterocycles. The highest BCUT2D eigenvalue weighted by atomic mass is 16.1. The number of likely N-dealkylation sites (tertiary alicyclic amines) is 1. The Morgan fingerprint density at radius 1 is 1.12 bits per heavy atom. The van der Waals surface area contributed by atoms with Crippen LogP contribution in [0.5, 0.6) is 0 Å². The van der Waals surface area contributed by atoms with E-state index < -0.39 is 0 Å².